The first-order valence-electron chi connectivity index (χ1n) is 11.5. The highest BCUT2D eigenvalue weighted by Crippen LogP contribution is 2.23. The molecule has 0 saturated carbocycles. The van der Waals surface area contributed by atoms with Crippen LogP contribution in [0.1, 0.15) is 97.3 Å². The smallest absolute Gasteiger partial charge is 0.408 e. The van der Waals surface area contributed by atoms with Gasteiger partial charge in [-0.2, -0.15) is 0 Å². The van der Waals surface area contributed by atoms with Crippen LogP contribution in [0.2, 0.25) is 0 Å². The van der Waals surface area contributed by atoms with Gasteiger partial charge in [-0.1, -0.05) is 31.4 Å². The van der Waals surface area contributed by atoms with E-state index < -0.39 is 23.8 Å². The number of hydrogen-bond donors (Lipinski definition) is 2. The van der Waals surface area contributed by atoms with Gasteiger partial charge in [0.1, 0.15) is 11.3 Å². The molecule has 1 aromatic heterocycles. The Morgan fingerprint density at radius 3 is 2.48 bits per heavy atom. The van der Waals surface area contributed by atoms with Crippen LogP contribution in [0.25, 0.3) is 0 Å². The maximum Gasteiger partial charge on any atom is 0.408 e. The summed E-state index contributed by atoms with van der Waals surface area (Å²) in [6.07, 6.45) is 6.98. The number of nitrogens with one attached hydrogen (secondary N) is 1. The summed E-state index contributed by atoms with van der Waals surface area (Å²) in [6, 6.07) is -1.22. The van der Waals surface area contributed by atoms with Crippen LogP contribution in [-0.2, 0) is 9.53 Å². The number of aliphatic hydroxyl groups excluding tert-OH is 1. The zero-order valence-electron chi connectivity index (χ0n) is 19.6. The number of amides is 2. The Labute approximate surface area is 185 Å². The van der Waals surface area contributed by atoms with Gasteiger partial charge in [0.15, 0.2) is 6.04 Å². The highest BCUT2D eigenvalue weighted by Gasteiger charge is 2.32. The summed E-state index contributed by atoms with van der Waals surface area (Å²) in [7, 11) is 0. The zero-order chi connectivity index (χ0) is 23.0. The van der Waals surface area contributed by atoms with Crippen molar-refractivity contribution in [1.82, 2.24) is 25.2 Å². The molecule has 1 unspecified atom stereocenters. The second kappa shape index (κ2) is 11.5. The zero-order valence-corrected chi connectivity index (χ0v) is 19.6. The standard InChI is InChI=1S/C22H39N5O4/c1-6-7-9-12-17(23-21(30)31-22(3,4)5)18-15-27(25-24-18)19(16(2)28)20(29)26-13-10-8-11-14-26/h15-17,19,28H,6-14H2,1-5H3,(H,23,30)/t16?,17-,19-/m0/s1. The van der Waals surface area contributed by atoms with Crippen molar-refractivity contribution >= 4 is 12.0 Å². The Morgan fingerprint density at radius 1 is 1.23 bits per heavy atom. The van der Waals surface area contributed by atoms with Gasteiger partial charge in [-0.15, -0.1) is 5.10 Å². The molecule has 3 atom stereocenters. The van der Waals surface area contributed by atoms with Crippen LogP contribution in [0.3, 0.4) is 0 Å². The maximum absolute atomic E-state index is 13.1. The Morgan fingerprint density at radius 2 is 1.90 bits per heavy atom. The van der Waals surface area contributed by atoms with Gasteiger partial charge in [0, 0.05) is 13.1 Å². The Bertz CT molecular complexity index is 707. The van der Waals surface area contributed by atoms with Crippen molar-refractivity contribution in [3.05, 3.63) is 11.9 Å². The van der Waals surface area contributed by atoms with Crippen molar-refractivity contribution in [2.45, 2.75) is 103 Å². The molecule has 1 aliphatic rings. The van der Waals surface area contributed by atoms with Crippen molar-refractivity contribution in [3.8, 4) is 0 Å². The molecular weight excluding hydrogens is 398 g/mol. The van der Waals surface area contributed by atoms with Gasteiger partial charge in [0.25, 0.3) is 0 Å². The first kappa shape index (κ1) is 25.1. The summed E-state index contributed by atoms with van der Waals surface area (Å²) in [5, 5.41) is 21.6. The topological polar surface area (TPSA) is 110 Å². The van der Waals surface area contributed by atoms with Crippen molar-refractivity contribution in [3.63, 3.8) is 0 Å². The molecule has 1 aromatic rings. The number of carbonyl (C=O) groups is 2. The minimum absolute atomic E-state index is 0.145. The van der Waals surface area contributed by atoms with E-state index in [1.54, 1.807) is 18.0 Å². The van der Waals surface area contributed by atoms with Gasteiger partial charge in [-0.3, -0.25) is 4.79 Å². The highest BCUT2D eigenvalue weighted by atomic mass is 16.6. The summed E-state index contributed by atoms with van der Waals surface area (Å²) in [4.78, 5) is 27.2. The molecular formula is C22H39N5O4. The van der Waals surface area contributed by atoms with Gasteiger partial charge < -0.3 is 20.1 Å². The van der Waals surface area contributed by atoms with Gasteiger partial charge in [0.2, 0.25) is 5.91 Å². The molecule has 1 aliphatic heterocycles. The van der Waals surface area contributed by atoms with Crippen LogP contribution in [-0.4, -0.2) is 61.8 Å². The highest BCUT2D eigenvalue weighted by molar-refractivity contribution is 5.81. The van der Waals surface area contributed by atoms with Crippen molar-refractivity contribution < 1.29 is 19.4 Å². The summed E-state index contributed by atoms with van der Waals surface area (Å²) >= 11 is 0. The van der Waals surface area contributed by atoms with Crippen molar-refractivity contribution in [2.24, 2.45) is 0 Å². The molecule has 2 amide bonds. The Hall–Kier alpha value is -2.16. The van der Waals surface area contributed by atoms with Crippen LogP contribution in [0.5, 0.6) is 0 Å². The normalized spacial score (nSPS) is 17.7. The van der Waals surface area contributed by atoms with E-state index >= 15 is 0 Å². The summed E-state index contributed by atoms with van der Waals surface area (Å²) in [5.74, 6) is -0.145. The fourth-order valence-corrected chi connectivity index (χ4v) is 3.77. The molecule has 31 heavy (non-hydrogen) atoms. The number of nitrogens with zero attached hydrogens (tertiary/aromatic N) is 4. The second-order valence-electron chi connectivity index (χ2n) is 9.39. The number of alkyl carbamates (subject to hydrolysis) is 1. The van der Waals surface area contributed by atoms with Gasteiger partial charge in [0.05, 0.1) is 18.3 Å². The van der Waals surface area contributed by atoms with E-state index in [2.05, 4.69) is 22.6 Å². The third kappa shape index (κ3) is 7.79. The molecule has 2 N–H and O–H groups in total. The first-order valence-corrected chi connectivity index (χ1v) is 11.5. The molecule has 9 heteroatoms. The lowest BCUT2D eigenvalue weighted by molar-refractivity contribution is -0.139. The number of aliphatic hydroxyl groups is 1. The number of carbonyl (C=O) groups excluding carboxylic acids is 2. The molecule has 1 saturated heterocycles. The molecule has 176 valence electrons. The molecule has 2 heterocycles. The number of hydrogen-bond acceptors (Lipinski definition) is 6. The van der Waals surface area contributed by atoms with E-state index in [-0.39, 0.29) is 11.9 Å². The number of unbranched alkanes of at least 4 members (excludes halogenated alkanes) is 2. The predicted octanol–water partition coefficient (Wildman–Crippen LogP) is 3.36. The monoisotopic (exact) mass is 437 g/mol. The largest absolute Gasteiger partial charge is 0.444 e. The molecule has 0 aliphatic carbocycles. The Kier molecular flexibility index (Phi) is 9.28. The molecule has 0 bridgehead atoms. The summed E-state index contributed by atoms with van der Waals surface area (Å²) in [5.41, 5.74) is -0.0486. The van der Waals surface area contributed by atoms with E-state index in [1.165, 1.54) is 4.68 Å². The van der Waals surface area contributed by atoms with Gasteiger partial charge in [-0.05, 0) is 53.4 Å². The lowest BCUT2D eigenvalue weighted by Crippen LogP contribution is -2.44. The molecule has 9 nitrogen and oxygen atoms in total. The summed E-state index contributed by atoms with van der Waals surface area (Å²) < 4.78 is 6.83. The number of likely N-dealkylation sites (tertiary alicyclic amines) is 1. The van der Waals surface area contributed by atoms with Crippen LogP contribution < -0.4 is 5.32 Å². The van der Waals surface area contributed by atoms with Gasteiger partial charge >= 0.3 is 6.09 Å². The van der Waals surface area contributed by atoms with E-state index in [4.69, 9.17) is 4.74 Å². The fraction of sp³-hybridized carbons (Fsp3) is 0.818. The van der Waals surface area contributed by atoms with Crippen LogP contribution in [0, 0.1) is 0 Å². The predicted molar refractivity (Wildman–Crippen MR) is 117 cm³/mol. The van der Waals surface area contributed by atoms with E-state index in [0.29, 0.717) is 25.2 Å². The average Bonchev–Trinajstić information content (AvgIpc) is 3.16. The molecule has 0 radical (unpaired) electrons. The molecule has 1 fully saturated rings. The van der Waals surface area contributed by atoms with Crippen LogP contribution >= 0.6 is 0 Å². The first-order chi connectivity index (χ1) is 14.6. The molecule has 2 rings (SSSR count). The third-order valence-corrected chi connectivity index (χ3v) is 5.34. The number of ether oxygens (including phenoxy) is 1. The summed E-state index contributed by atoms with van der Waals surface area (Å²) in [6.45, 7) is 10.5. The number of piperidine rings is 1. The quantitative estimate of drug-likeness (QED) is 0.573. The average molecular weight is 438 g/mol. The van der Waals surface area contributed by atoms with Gasteiger partial charge in [-0.25, -0.2) is 9.48 Å². The van der Waals surface area contributed by atoms with Crippen molar-refractivity contribution in [1.29, 1.82) is 0 Å². The Balaban J connectivity index is 2.18. The minimum atomic E-state index is -0.915. The third-order valence-electron chi connectivity index (χ3n) is 5.34. The number of aromatic nitrogens is 3. The van der Waals surface area contributed by atoms with E-state index in [9.17, 15) is 14.7 Å². The fourth-order valence-electron chi connectivity index (χ4n) is 3.77. The van der Waals surface area contributed by atoms with Crippen LogP contribution in [0.4, 0.5) is 4.79 Å². The lowest BCUT2D eigenvalue weighted by Gasteiger charge is -2.31. The molecule has 0 spiro atoms. The lowest BCUT2D eigenvalue weighted by atomic mass is 10.1. The van der Waals surface area contributed by atoms with E-state index in [1.807, 2.05) is 20.8 Å². The molecule has 0 aromatic carbocycles. The van der Waals surface area contributed by atoms with E-state index in [0.717, 1.165) is 38.5 Å². The van der Waals surface area contributed by atoms with Crippen molar-refractivity contribution in [2.75, 3.05) is 13.1 Å². The number of rotatable bonds is 9. The SMILES string of the molecule is CCCCC[C@H](NC(=O)OC(C)(C)C)c1cn([C@H](C(=O)N2CCCCC2)C(C)O)nn1. The maximum atomic E-state index is 13.1. The minimum Gasteiger partial charge on any atom is -0.444 e. The van der Waals surface area contributed by atoms with Crippen LogP contribution in [0.15, 0.2) is 6.20 Å². The second-order valence-corrected chi connectivity index (χ2v) is 9.39.